The van der Waals surface area contributed by atoms with E-state index in [4.69, 9.17) is 0 Å². The average Bonchev–Trinajstić information content (AvgIpc) is 2.36. The van der Waals surface area contributed by atoms with Crippen molar-refractivity contribution in [3.05, 3.63) is 18.7 Å². The highest BCUT2D eigenvalue weighted by Crippen LogP contribution is 1.97. The van der Waals surface area contributed by atoms with E-state index in [2.05, 4.69) is 0 Å². The molecule has 0 fully saturated rings. The highest BCUT2D eigenvalue weighted by molar-refractivity contribution is 7.89. The zero-order valence-corrected chi connectivity index (χ0v) is 8.08. The maximum absolute atomic E-state index is 11.4. The number of hydrogen-bond acceptors (Lipinski definition) is 2. The van der Waals surface area contributed by atoms with Crippen LogP contribution in [0.15, 0.2) is 18.7 Å². The molecular weight excluding hydrogens is 176 g/mol. The first kappa shape index (κ1) is 9.25. The number of nitrogens with zero attached hydrogens (tertiary/aromatic N) is 2. The lowest BCUT2D eigenvalue weighted by atomic mass is 10.6. The van der Waals surface area contributed by atoms with Gasteiger partial charge in [0, 0.05) is 0 Å². The van der Waals surface area contributed by atoms with Crippen molar-refractivity contribution in [2.45, 2.75) is 13.3 Å². The van der Waals surface area contributed by atoms with Gasteiger partial charge in [-0.25, -0.2) is 4.57 Å². The molecule has 0 aliphatic heterocycles. The Hall–Kier alpha value is -0.840. The van der Waals surface area contributed by atoms with Gasteiger partial charge >= 0.3 is 10.0 Å². The maximum Gasteiger partial charge on any atom is 0.304 e. The van der Waals surface area contributed by atoms with Gasteiger partial charge in [-0.15, -0.1) is 3.97 Å². The minimum Gasteiger partial charge on any atom is -0.239 e. The molecule has 1 heterocycles. The van der Waals surface area contributed by atoms with Crippen LogP contribution < -0.4 is 4.57 Å². The number of hydrogen-bond donors (Lipinski definition) is 0. The summed E-state index contributed by atoms with van der Waals surface area (Å²) in [6, 6.07) is 0. The fraction of sp³-hybridized carbons (Fsp3) is 0.571. The van der Waals surface area contributed by atoms with Gasteiger partial charge in [0.25, 0.3) is 6.33 Å². The molecule has 4 nitrogen and oxygen atoms in total. The van der Waals surface area contributed by atoms with Crippen LogP contribution in [-0.4, -0.2) is 18.1 Å². The van der Waals surface area contributed by atoms with Crippen molar-refractivity contribution in [1.82, 2.24) is 3.97 Å². The second-order valence-electron chi connectivity index (χ2n) is 2.73. The Morgan fingerprint density at radius 2 is 2.17 bits per heavy atom. The average molecular weight is 189 g/mol. The first-order valence-electron chi connectivity index (χ1n) is 3.83. The maximum atomic E-state index is 11.4. The zero-order chi connectivity index (χ0) is 9.19. The Kier molecular flexibility index (Phi) is 2.52. The molecule has 1 aromatic heterocycles. The van der Waals surface area contributed by atoms with Crippen LogP contribution in [0.5, 0.6) is 0 Å². The zero-order valence-electron chi connectivity index (χ0n) is 7.27. The van der Waals surface area contributed by atoms with Crippen molar-refractivity contribution >= 4 is 10.0 Å². The van der Waals surface area contributed by atoms with Crippen LogP contribution in [0.4, 0.5) is 0 Å². The first-order valence-corrected chi connectivity index (χ1v) is 5.43. The summed E-state index contributed by atoms with van der Waals surface area (Å²) in [6.07, 6.45) is 5.44. The normalized spacial score (nSPS) is 11.8. The topological polar surface area (TPSA) is 43.0 Å². The fourth-order valence-electron chi connectivity index (χ4n) is 0.955. The van der Waals surface area contributed by atoms with E-state index in [1.165, 1.54) is 3.97 Å². The Morgan fingerprint density at radius 3 is 2.58 bits per heavy atom. The summed E-state index contributed by atoms with van der Waals surface area (Å²) in [5.74, 6) is 0.196. The number of aromatic nitrogens is 2. The molecule has 12 heavy (non-hydrogen) atoms. The summed E-state index contributed by atoms with van der Waals surface area (Å²) in [5.41, 5.74) is 0. The summed E-state index contributed by atoms with van der Waals surface area (Å²) in [5, 5.41) is 0. The van der Waals surface area contributed by atoms with Crippen molar-refractivity contribution in [1.29, 1.82) is 0 Å². The van der Waals surface area contributed by atoms with Crippen LogP contribution in [-0.2, 0) is 17.1 Å². The van der Waals surface area contributed by atoms with E-state index >= 15 is 0 Å². The van der Waals surface area contributed by atoms with Gasteiger partial charge in [0.05, 0.1) is 12.8 Å². The third kappa shape index (κ3) is 1.85. The Morgan fingerprint density at radius 1 is 1.50 bits per heavy atom. The predicted molar refractivity (Wildman–Crippen MR) is 45.1 cm³/mol. The van der Waals surface area contributed by atoms with Gasteiger partial charge in [-0.2, -0.15) is 8.42 Å². The van der Waals surface area contributed by atoms with Gasteiger partial charge in [0.1, 0.15) is 12.4 Å². The third-order valence-corrected chi connectivity index (χ3v) is 3.31. The molecule has 0 radical (unpaired) electrons. The van der Waals surface area contributed by atoms with E-state index in [0.29, 0.717) is 6.42 Å². The summed E-state index contributed by atoms with van der Waals surface area (Å²) in [6.45, 7) is 1.85. The van der Waals surface area contributed by atoms with E-state index in [1.54, 1.807) is 30.3 Å². The molecule has 1 rings (SSSR count). The molecule has 0 aromatic carbocycles. The van der Waals surface area contributed by atoms with Crippen LogP contribution in [0.1, 0.15) is 13.3 Å². The lowest BCUT2D eigenvalue weighted by Crippen LogP contribution is -2.25. The lowest BCUT2D eigenvalue weighted by molar-refractivity contribution is -0.670. The molecule has 0 spiro atoms. The van der Waals surface area contributed by atoms with E-state index in [0.717, 1.165) is 0 Å². The van der Waals surface area contributed by atoms with Crippen LogP contribution in [0.3, 0.4) is 0 Å². The van der Waals surface area contributed by atoms with Gasteiger partial charge < -0.3 is 0 Å². The molecule has 0 bridgehead atoms. The molecule has 0 aliphatic rings. The highest BCUT2D eigenvalue weighted by Gasteiger charge is 2.16. The van der Waals surface area contributed by atoms with Crippen LogP contribution in [0, 0.1) is 0 Å². The number of aryl methyl sites for hydroxylation is 1. The molecule has 5 heteroatoms. The second-order valence-corrected chi connectivity index (χ2v) is 4.72. The lowest BCUT2D eigenvalue weighted by Gasteiger charge is -1.94. The molecular formula is C7H13N2O2S+. The molecule has 0 atom stereocenters. The highest BCUT2D eigenvalue weighted by atomic mass is 32.2. The summed E-state index contributed by atoms with van der Waals surface area (Å²) >= 11 is 0. The Labute approximate surface area is 72.5 Å². The molecule has 0 saturated carbocycles. The Bertz CT molecular complexity index is 353. The molecule has 0 N–H and O–H groups in total. The van der Waals surface area contributed by atoms with Gasteiger partial charge in [0.2, 0.25) is 0 Å². The second kappa shape index (κ2) is 3.26. The molecule has 0 unspecified atom stereocenters. The van der Waals surface area contributed by atoms with Gasteiger partial charge in [-0.1, -0.05) is 6.92 Å². The van der Waals surface area contributed by atoms with Crippen molar-refractivity contribution < 1.29 is 13.0 Å². The van der Waals surface area contributed by atoms with E-state index in [-0.39, 0.29) is 5.75 Å². The molecule has 0 amide bonds. The first-order chi connectivity index (χ1) is 5.56. The standard InChI is InChI=1S/C7H13N2O2S/c1-3-6-12(10,11)9-5-4-8(2)7-9/h4-5,7H,3,6H2,1-2H3/q+1. The van der Waals surface area contributed by atoms with Gasteiger partial charge in [-0.05, 0) is 6.42 Å². The molecule has 0 saturated heterocycles. The van der Waals surface area contributed by atoms with Crippen LogP contribution in [0.25, 0.3) is 0 Å². The minimum atomic E-state index is -3.09. The fourth-order valence-corrected chi connectivity index (χ4v) is 2.21. The van der Waals surface area contributed by atoms with Crippen molar-refractivity contribution in [2.75, 3.05) is 5.75 Å². The molecule has 1 aromatic rings. The SMILES string of the molecule is CCCS(=O)(=O)n1cc[n+](C)c1. The van der Waals surface area contributed by atoms with Crippen LogP contribution in [0.2, 0.25) is 0 Å². The van der Waals surface area contributed by atoms with Crippen molar-refractivity contribution in [3.8, 4) is 0 Å². The quantitative estimate of drug-likeness (QED) is 0.623. The smallest absolute Gasteiger partial charge is 0.239 e. The largest absolute Gasteiger partial charge is 0.304 e. The van der Waals surface area contributed by atoms with E-state index < -0.39 is 10.0 Å². The van der Waals surface area contributed by atoms with Crippen molar-refractivity contribution in [2.24, 2.45) is 7.05 Å². The molecule has 0 aliphatic carbocycles. The summed E-state index contributed by atoms with van der Waals surface area (Å²) in [7, 11) is -1.30. The summed E-state index contributed by atoms with van der Waals surface area (Å²) < 4.78 is 25.7. The monoisotopic (exact) mass is 189 g/mol. The number of rotatable bonds is 3. The minimum absolute atomic E-state index is 0.196. The van der Waals surface area contributed by atoms with Crippen LogP contribution >= 0.6 is 0 Å². The van der Waals surface area contributed by atoms with Crippen molar-refractivity contribution in [3.63, 3.8) is 0 Å². The third-order valence-electron chi connectivity index (χ3n) is 1.53. The predicted octanol–water partition coefficient (Wildman–Crippen LogP) is -0.0995. The van der Waals surface area contributed by atoms with E-state index in [9.17, 15) is 8.42 Å². The van der Waals surface area contributed by atoms with Gasteiger partial charge in [-0.3, -0.25) is 0 Å². The Balaban J connectivity index is 2.98. The number of imidazole rings is 1. The van der Waals surface area contributed by atoms with Gasteiger partial charge in [0.15, 0.2) is 0 Å². The van der Waals surface area contributed by atoms with E-state index in [1.807, 2.05) is 6.92 Å². The summed E-state index contributed by atoms with van der Waals surface area (Å²) in [4.78, 5) is 0. The molecule has 68 valence electrons.